The molecule has 6 heteroatoms. The van der Waals surface area contributed by atoms with Crippen LogP contribution < -0.4 is 20.3 Å². The Labute approximate surface area is 185 Å². The quantitative estimate of drug-likeness (QED) is 0.351. The summed E-state index contributed by atoms with van der Waals surface area (Å²) < 4.78 is 5.41. The van der Waals surface area contributed by atoms with Crippen LogP contribution in [0.15, 0.2) is 59.6 Å². The largest absolute Gasteiger partial charge is 0.496 e. The van der Waals surface area contributed by atoms with Gasteiger partial charge in [-0.1, -0.05) is 36.4 Å². The number of benzene rings is 2. The van der Waals surface area contributed by atoms with Crippen LogP contribution in [0.1, 0.15) is 12.0 Å². The Morgan fingerprint density at radius 2 is 1.86 bits per heavy atom. The molecule has 1 heterocycles. The molecule has 2 aromatic rings. The first kappa shape index (κ1) is 22.3. The maximum Gasteiger partial charge on any atom is 0.190 e. The number of para-hydroxylation sites is 2. The summed E-state index contributed by atoms with van der Waals surface area (Å²) in [5, 5.41) is 6.89. The van der Waals surface area contributed by atoms with E-state index in [1.165, 1.54) is 17.7 Å². The van der Waals surface area contributed by atoms with Gasteiger partial charge in [0.25, 0.3) is 0 Å². The lowest BCUT2D eigenvalue weighted by Gasteiger charge is -2.19. The minimum atomic E-state index is 0. The van der Waals surface area contributed by atoms with E-state index < -0.39 is 0 Å². The zero-order valence-corrected chi connectivity index (χ0v) is 19.1. The van der Waals surface area contributed by atoms with Crippen LogP contribution in [0.25, 0.3) is 0 Å². The Morgan fingerprint density at radius 3 is 2.61 bits per heavy atom. The molecule has 0 aliphatic carbocycles. The van der Waals surface area contributed by atoms with Crippen molar-refractivity contribution >= 4 is 35.6 Å². The topological polar surface area (TPSA) is 48.9 Å². The van der Waals surface area contributed by atoms with Crippen molar-refractivity contribution in [3.63, 3.8) is 0 Å². The van der Waals surface area contributed by atoms with Gasteiger partial charge >= 0.3 is 0 Å². The van der Waals surface area contributed by atoms with Gasteiger partial charge in [-0.05, 0) is 42.5 Å². The van der Waals surface area contributed by atoms with Crippen LogP contribution in [-0.2, 0) is 6.42 Å². The number of ether oxygens (including phenoxy) is 1. The maximum absolute atomic E-state index is 5.41. The fraction of sp³-hybridized carbons (Fsp3) is 0.409. The Morgan fingerprint density at radius 1 is 1.11 bits per heavy atom. The van der Waals surface area contributed by atoms with Gasteiger partial charge in [0.05, 0.1) is 7.11 Å². The average molecular weight is 494 g/mol. The van der Waals surface area contributed by atoms with Gasteiger partial charge < -0.3 is 20.3 Å². The number of methoxy groups -OCH3 is 1. The molecule has 1 unspecified atom stereocenters. The molecule has 1 aliphatic rings. The monoisotopic (exact) mass is 494 g/mol. The Kier molecular flexibility index (Phi) is 9.40. The van der Waals surface area contributed by atoms with E-state index in [9.17, 15) is 0 Å². The third-order valence-corrected chi connectivity index (χ3v) is 5.07. The van der Waals surface area contributed by atoms with Crippen LogP contribution >= 0.6 is 24.0 Å². The van der Waals surface area contributed by atoms with Gasteiger partial charge in [0, 0.05) is 38.9 Å². The number of hydrogen-bond acceptors (Lipinski definition) is 3. The number of nitrogens with one attached hydrogen (secondary N) is 2. The van der Waals surface area contributed by atoms with E-state index in [1.54, 1.807) is 7.11 Å². The number of guanidine groups is 1. The van der Waals surface area contributed by atoms with Crippen molar-refractivity contribution in [2.75, 3.05) is 45.2 Å². The lowest BCUT2D eigenvalue weighted by Crippen LogP contribution is -2.41. The third-order valence-electron chi connectivity index (χ3n) is 5.07. The summed E-state index contributed by atoms with van der Waals surface area (Å²) in [6.07, 6.45) is 2.11. The van der Waals surface area contributed by atoms with Crippen molar-refractivity contribution in [1.29, 1.82) is 0 Å². The van der Waals surface area contributed by atoms with Gasteiger partial charge in [-0.2, -0.15) is 0 Å². The molecule has 152 valence electrons. The molecule has 0 radical (unpaired) electrons. The molecular formula is C22H31IN4O. The molecule has 0 spiro atoms. The minimum Gasteiger partial charge on any atom is -0.496 e. The molecule has 2 N–H and O–H groups in total. The van der Waals surface area contributed by atoms with Crippen molar-refractivity contribution in [2.24, 2.45) is 10.9 Å². The molecule has 1 fully saturated rings. The minimum absolute atomic E-state index is 0. The van der Waals surface area contributed by atoms with Crippen LogP contribution in [-0.4, -0.2) is 46.3 Å². The second-order valence-corrected chi connectivity index (χ2v) is 6.88. The number of hydrogen-bond donors (Lipinski definition) is 2. The smallest absolute Gasteiger partial charge is 0.190 e. The normalized spacial score (nSPS) is 16.4. The number of aliphatic imine (C=N–C) groups is 1. The van der Waals surface area contributed by atoms with Gasteiger partial charge in [0.2, 0.25) is 0 Å². The molecule has 1 aliphatic heterocycles. The molecule has 0 amide bonds. The predicted molar refractivity (Wildman–Crippen MR) is 128 cm³/mol. The first-order valence-electron chi connectivity index (χ1n) is 9.66. The molecular weight excluding hydrogens is 463 g/mol. The number of nitrogens with zero attached hydrogens (tertiary/aromatic N) is 2. The molecule has 0 saturated carbocycles. The van der Waals surface area contributed by atoms with Crippen LogP contribution in [0, 0.1) is 5.92 Å². The lowest BCUT2D eigenvalue weighted by molar-refractivity contribution is 0.409. The summed E-state index contributed by atoms with van der Waals surface area (Å²) in [6.45, 7) is 3.98. The summed E-state index contributed by atoms with van der Waals surface area (Å²) in [5.41, 5.74) is 2.52. The third kappa shape index (κ3) is 6.29. The Balaban J connectivity index is 0.00000280. The summed E-state index contributed by atoms with van der Waals surface area (Å²) in [5.74, 6) is 2.44. The van der Waals surface area contributed by atoms with E-state index in [-0.39, 0.29) is 24.0 Å². The van der Waals surface area contributed by atoms with Crippen LogP contribution in [0.2, 0.25) is 0 Å². The van der Waals surface area contributed by atoms with E-state index in [2.05, 4.69) is 56.9 Å². The van der Waals surface area contributed by atoms with Crippen molar-refractivity contribution in [3.05, 3.63) is 60.2 Å². The molecule has 5 nitrogen and oxygen atoms in total. The van der Waals surface area contributed by atoms with E-state index in [0.717, 1.165) is 44.3 Å². The second-order valence-electron chi connectivity index (χ2n) is 6.88. The predicted octanol–water partition coefficient (Wildman–Crippen LogP) is 3.55. The molecule has 1 atom stereocenters. The molecule has 0 aromatic heterocycles. The van der Waals surface area contributed by atoms with Crippen LogP contribution in [0.3, 0.4) is 0 Å². The second kappa shape index (κ2) is 11.8. The van der Waals surface area contributed by atoms with E-state index in [4.69, 9.17) is 4.74 Å². The summed E-state index contributed by atoms with van der Waals surface area (Å²) in [6, 6.07) is 18.8. The van der Waals surface area contributed by atoms with Crippen molar-refractivity contribution in [3.8, 4) is 5.75 Å². The molecule has 2 aromatic carbocycles. The van der Waals surface area contributed by atoms with Gasteiger partial charge in [-0.3, -0.25) is 4.99 Å². The fourth-order valence-electron chi connectivity index (χ4n) is 3.56. The number of rotatable bonds is 7. The van der Waals surface area contributed by atoms with E-state index in [1.807, 2.05) is 25.2 Å². The van der Waals surface area contributed by atoms with Crippen molar-refractivity contribution in [1.82, 2.24) is 10.6 Å². The van der Waals surface area contributed by atoms with Crippen LogP contribution in [0.5, 0.6) is 5.75 Å². The number of anilines is 1. The van der Waals surface area contributed by atoms with Gasteiger partial charge in [-0.15, -0.1) is 24.0 Å². The summed E-state index contributed by atoms with van der Waals surface area (Å²) in [4.78, 5) is 6.81. The highest BCUT2D eigenvalue weighted by molar-refractivity contribution is 14.0. The average Bonchev–Trinajstić information content (AvgIpc) is 3.20. The fourth-order valence-corrected chi connectivity index (χ4v) is 3.56. The van der Waals surface area contributed by atoms with Crippen molar-refractivity contribution < 1.29 is 4.74 Å². The van der Waals surface area contributed by atoms with Gasteiger partial charge in [0.1, 0.15) is 5.75 Å². The maximum atomic E-state index is 5.41. The number of halogens is 1. The summed E-state index contributed by atoms with van der Waals surface area (Å²) in [7, 11) is 3.54. The molecule has 28 heavy (non-hydrogen) atoms. The van der Waals surface area contributed by atoms with Crippen LogP contribution in [0.4, 0.5) is 5.69 Å². The standard InChI is InChI=1S/C22H30N4O.HI/c1-23-22(24-14-12-19-8-6-7-11-21(19)27-2)25-16-18-13-15-26(17-18)20-9-4-3-5-10-20;/h3-11,18H,12-17H2,1-2H3,(H2,23,24,25);1H. The Hall–Kier alpha value is -1.96. The SMILES string of the molecule is CN=C(NCCc1ccccc1OC)NCC1CCN(c2ccccc2)C1.I. The highest BCUT2D eigenvalue weighted by Crippen LogP contribution is 2.23. The van der Waals surface area contributed by atoms with E-state index >= 15 is 0 Å². The van der Waals surface area contributed by atoms with Gasteiger partial charge in [-0.25, -0.2) is 0 Å². The highest BCUT2D eigenvalue weighted by atomic mass is 127. The zero-order chi connectivity index (χ0) is 18.9. The Bertz CT molecular complexity index is 738. The first-order valence-corrected chi connectivity index (χ1v) is 9.66. The van der Waals surface area contributed by atoms with E-state index in [0.29, 0.717) is 5.92 Å². The lowest BCUT2D eigenvalue weighted by atomic mass is 10.1. The highest BCUT2D eigenvalue weighted by Gasteiger charge is 2.22. The zero-order valence-electron chi connectivity index (χ0n) is 16.7. The molecule has 0 bridgehead atoms. The molecule has 1 saturated heterocycles. The molecule has 3 rings (SSSR count). The summed E-state index contributed by atoms with van der Waals surface area (Å²) >= 11 is 0. The van der Waals surface area contributed by atoms with Gasteiger partial charge in [0.15, 0.2) is 5.96 Å². The first-order chi connectivity index (χ1) is 13.3. The van der Waals surface area contributed by atoms with Crippen molar-refractivity contribution in [2.45, 2.75) is 12.8 Å².